The van der Waals surface area contributed by atoms with Gasteiger partial charge in [-0.1, -0.05) is 38.1 Å². The predicted molar refractivity (Wildman–Crippen MR) is 90.9 cm³/mol. The smallest absolute Gasteiger partial charge is 0.309 e. The predicted octanol–water partition coefficient (Wildman–Crippen LogP) is 1.47. The zero-order valence-corrected chi connectivity index (χ0v) is 14.1. The van der Waals surface area contributed by atoms with Crippen LogP contribution in [0.4, 0.5) is 0 Å². The van der Waals surface area contributed by atoms with E-state index in [2.05, 4.69) is 29.4 Å². The van der Waals surface area contributed by atoms with Gasteiger partial charge in [0.25, 0.3) is 0 Å². The van der Waals surface area contributed by atoms with Crippen molar-refractivity contribution in [1.82, 2.24) is 15.5 Å². The SMILES string of the molecule is CCc1ccc(CNC(=O)C(=O)NC[C@H]2CCCN2CC)cc1. The Kier molecular flexibility index (Phi) is 6.59. The molecule has 1 saturated heterocycles. The minimum Gasteiger partial charge on any atom is -0.346 e. The molecule has 1 atom stereocenters. The number of likely N-dealkylation sites (N-methyl/N-ethyl adjacent to an activating group) is 1. The number of aryl methyl sites for hydroxylation is 1. The lowest BCUT2D eigenvalue weighted by molar-refractivity contribution is -0.139. The van der Waals surface area contributed by atoms with Gasteiger partial charge in [0.15, 0.2) is 0 Å². The summed E-state index contributed by atoms with van der Waals surface area (Å²) in [5, 5.41) is 5.42. The van der Waals surface area contributed by atoms with Gasteiger partial charge in [0.05, 0.1) is 0 Å². The molecular formula is C18H27N3O2. The summed E-state index contributed by atoms with van der Waals surface area (Å²) < 4.78 is 0. The highest BCUT2D eigenvalue weighted by Crippen LogP contribution is 2.15. The Hall–Kier alpha value is -1.88. The van der Waals surface area contributed by atoms with Gasteiger partial charge in [-0.25, -0.2) is 0 Å². The minimum atomic E-state index is -0.564. The van der Waals surface area contributed by atoms with Crippen LogP contribution in [-0.2, 0) is 22.6 Å². The van der Waals surface area contributed by atoms with Crippen molar-refractivity contribution in [2.45, 2.75) is 45.7 Å². The van der Waals surface area contributed by atoms with Gasteiger partial charge in [-0.2, -0.15) is 0 Å². The maximum absolute atomic E-state index is 11.9. The summed E-state index contributed by atoms with van der Waals surface area (Å²) >= 11 is 0. The molecule has 1 aliphatic heterocycles. The number of hydrogen-bond acceptors (Lipinski definition) is 3. The molecule has 0 unspecified atom stereocenters. The minimum absolute atomic E-state index is 0.360. The number of amides is 2. The van der Waals surface area contributed by atoms with Gasteiger partial charge in [-0.3, -0.25) is 14.5 Å². The summed E-state index contributed by atoms with van der Waals surface area (Å²) in [7, 11) is 0. The van der Waals surface area contributed by atoms with Crippen molar-refractivity contribution in [3.05, 3.63) is 35.4 Å². The molecule has 23 heavy (non-hydrogen) atoms. The molecule has 0 spiro atoms. The van der Waals surface area contributed by atoms with E-state index in [0.29, 0.717) is 19.1 Å². The van der Waals surface area contributed by atoms with E-state index in [-0.39, 0.29) is 0 Å². The number of carbonyl (C=O) groups excluding carboxylic acids is 2. The lowest BCUT2D eigenvalue weighted by atomic mass is 10.1. The van der Waals surface area contributed by atoms with Gasteiger partial charge in [0.1, 0.15) is 0 Å². The third kappa shape index (κ3) is 5.06. The third-order valence-corrected chi connectivity index (χ3v) is 4.49. The molecule has 2 amide bonds. The summed E-state index contributed by atoms with van der Waals surface area (Å²) in [6, 6.07) is 8.41. The Labute approximate surface area is 138 Å². The Bertz CT molecular complexity index is 528. The van der Waals surface area contributed by atoms with E-state index in [4.69, 9.17) is 0 Å². The van der Waals surface area contributed by atoms with Crippen LogP contribution in [0.15, 0.2) is 24.3 Å². The molecule has 1 heterocycles. The standard InChI is InChI=1S/C18H27N3O2/c1-3-14-7-9-15(10-8-14)12-19-17(22)18(23)20-13-16-6-5-11-21(16)4-2/h7-10,16H,3-6,11-13H2,1-2H3,(H,19,22)(H,20,23)/t16-/m1/s1. The highest BCUT2D eigenvalue weighted by atomic mass is 16.2. The van der Waals surface area contributed by atoms with Gasteiger partial charge < -0.3 is 10.6 Å². The van der Waals surface area contributed by atoms with Crippen LogP contribution < -0.4 is 10.6 Å². The molecule has 1 fully saturated rings. The Morgan fingerprint density at radius 1 is 1.09 bits per heavy atom. The molecule has 0 radical (unpaired) electrons. The van der Waals surface area contributed by atoms with Crippen LogP contribution >= 0.6 is 0 Å². The molecule has 0 saturated carbocycles. The quantitative estimate of drug-likeness (QED) is 0.781. The first-order valence-electron chi connectivity index (χ1n) is 8.52. The summed E-state index contributed by atoms with van der Waals surface area (Å²) in [6.45, 7) is 7.21. The molecule has 5 heteroatoms. The first kappa shape index (κ1) is 17.5. The van der Waals surface area contributed by atoms with Crippen molar-refractivity contribution in [2.24, 2.45) is 0 Å². The van der Waals surface area contributed by atoms with E-state index in [0.717, 1.165) is 37.9 Å². The second-order valence-electron chi connectivity index (χ2n) is 5.99. The second-order valence-corrected chi connectivity index (χ2v) is 5.99. The average Bonchev–Trinajstić information content (AvgIpc) is 3.05. The Morgan fingerprint density at radius 2 is 1.74 bits per heavy atom. The van der Waals surface area contributed by atoms with Gasteiger partial charge in [-0.05, 0) is 43.5 Å². The molecule has 1 aromatic carbocycles. The zero-order chi connectivity index (χ0) is 16.7. The number of nitrogens with zero attached hydrogens (tertiary/aromatic N) is 1. The monoisotopic (exact) mass is 317 g/mol. The molecular weight excluding hydrogens is 290 g/mol. The number of nitrogens with one attached hydrogen (secondary N) is 2. The van der Waals surface area contributed by atoms with Crippen molar-refractivity contribution >= 4 is 11.8 Å². The molecule has 2 N–H and O–H groups in total. The van der Waals surface area contributed by atoms with E-state index >= 15 is 0 Å². The van der Waals surface area contributed by atoms with E-state index in [9.17, 15) is 9.59 Å². The number of hydrogen-bond donors (Lipinski definition) is 2. The average molecular weight is 317 g/mol. The highest BCUT2D eigenvalue weighted by Gasteiger charge is 2.24. The summed E-state index contributed by atoms with van der Waals surface area (Å²) in [5.74, 6) is -1.11. The maximum Gasteiger partial charge on any atom is 0.309 e. The fourth-order valence-corrected chi connectivity index (χ4v) is 2.99. The van der Waals surface area contributed by atoms with Crippen LogP contribution in [0.5, 0.6) is 0 Å². The summed E-state index contributed by atoms with van der Waals surface area (Å²) in [6.07, 6.45) is 3.23. The molecule has 5 nitrogen and oxygen atoms in total. The van der Waals surface area contributed by atoms with Crippen LogP contribution in [0.1, 0.15) is 37.8 Å². The fraction of sp³-hybridized carbons (Fsp3) is 0.556. The third-order valence-electron chi connectivity index (χ3n) is 4.49. The molecule has 126 valence electrons. The normalized spacial score (nSPS) is 17.9. The number of likely N-dealkylation sites (tertiary alicyclic amines) is 1. The lowest BCUT2D eigenvalue weighted by Gasteiger charge is -2.22. The Balaban J connectivity index is 1.73. The molecule has 1 aromatic rings. The highest BCUT2D eigenvalue weighted by molar-refractivity contribution is 6.35. The van der Waals surface area contributed by atoms with Crippen LogP contribution in [0.3, 0.4) is 0 Å². The summed E-state index contributed by atoms with van der Waals surface area (Å²) in [4.78, 5) is 26.1. The zero-order valence-electron chi connectivity index (χ0n) is 14.1. The molecule has 0 aromatic heterocycles. The second kappa shape index (κ2) is 8.67. The fourth-order valence-electron chi connectivity index (χ4n) is 2.99. The van der Waals surface area contributed by atoms with Crippen molar-refractivity contribution in [3.8, 4) is 0 Å². The van der Waals surface area contributed by atoms with E-state index in [1.807, 2.05) is 24.3 Å². The molecule has 1 aliphatic rings. The first-order valence-corrected chi connectivity index (χ1v) is 8.52. The van der Waals surface area contributed by atoms with Gasteiger partial charge in [0, 0.05) is 19.1 Å². The van der Waals surface area contributed by atoms with Crippen LogP contribution in [0.2, 0.25) is 0 Å². The van der Waals surface area contributed by atoms with Crippen LogP contribution in [0, 0.1) is 0 Å². The summed E-state index contributed by atoms with van der Waals surface area (Å²) in [5.41, 5.74) is 2.26. The van der Waals surface area contributed by atoms with Crippen molar-refractivity contribution in [1.29, 1.82) is 0 Å². The number of rotatable bonds is 6. The van der Waals surface area contributed by atoms with E-state index in [1.165, 1.54) is 5.56 Å². The molecule has 2 rings (SSSR count). The van der Waals surface area contributed by atoms with Gasteiger partial charge >= 0.3 is 11.8 Å². The maximum atomic E-state index is 11.9. The largest absolute Gasteiger partial charge is 0.346 e. The van der Waals surface area contributed by atoms with Crippen LogP contribution in [0.25, 0.3) is 0 Å². The number of carbonyl (C=O) groups is 2. The lowest BCUT2D eigenvalue weighted by Crippen LogP contribution is -2.45. The van der Waals surface area contributed by atoms with Crippen molar-refractivity contribution in [3.63, 3.8) is 0 Å². The Morgan fingerprint density at radius 3 is 2.39 bits per heavy atom. The van der Waals surface area contributed by atoms with Gasteiger partial charge in [0.2, 0.25) is 0 Å². The first-order chi connectivity index (χ1) is 11.1. The van der Waals surface area contributed by atoms with Crippen molar-refractivity contribution < 1.29 is 9.59 Å². The van der Waals surface area contributed by atoms with Gasteiger partial charge in [-0.15, -0.1) is 0 Å². The van der Waals surface area contributed by atoms with E-state index < -0.39 is 11.8 Å². The van der Waals surface area contributed by atoms with Crippen LogP contribution in [-0.4, -0.2) is 42.4 Å². The topological polar surface area (TPSA) is 61.4 Å². The van der Waals surface area contributed by atoms with Crippen molar-refractivity contribution in [2.75, 3.05) is 19.6 Å². The molecule has 0 aliphatic carbocycles. The molecule has 0 bridgehead atoms. The number of benzene rings is 1. The van der Waals surface area contributed by atoms with E-state index in [1.54, 1.807) is 0 Å².